The van der Waals surface area contributed by atoms with Gasteiger partial charge in [-0.2, -0.15) is 0 Å². The zero-order valence-electron chi connectivity index (χ0n) is 12.9. The van der Waals surface area contributed by atoms with Crippen LogP contribution in [-0.4, -0.2) is 26.2 Å². The predicted octanol–water partition coefficient (Wildman–Crippen LogP) is 2.50. The van der Waals surface area contributed by atoms with E-state index in [0.717, 1.165) is 11.1 Å². The number of esters is 2. The number of ether oxygens (including phenoxy) is 2. The molecule has 0 bridgehead atoms. The van der Waals surface area contributed by atoms with E-state index in [1.165, 1.54) is 14.2 Å². The van der Waals surface area contributed by atoms with Crippen molar-refractivity contribution in [2.24, 2.45) is 22.7 Å². The number of rotatable bonds is 3. The number of allylic oxidation sites excluding steroid dienone is 3. The van der Waals surface area contributed by atoms with Crippen molar-refractivity contribution in [1.29, 1.82) is 0 Å². The monoisotopic (exact) mass is 278 g/mol. The second-order valence-electron chi connectivity index (χ2n) is 6.03. The molecule has 0 aromatic carbocycles. The van der Waals surface area contributed by atoms with Gasteiger partial charge in [-0.15, -0.1) is 0 Å². The van der Waals surface area contributed by atoms with Gasteiger partial charge in [0.05, 0.1) is 14.2 Å². The van der Waals surface area contributed by atoms with Crippen molar-refractivity contribution in [1.82, 2.24) is 0 Å². The fraction of sp³-hybridized carbons (Fsp3) is 0.625. The summed E-state index contributed by atoms with van der Waals surface area (Å²) in [5.74, 6) is -0.831. The highest BCUT2D eigenvalue weighted by atomic mass is 16.5. The van der Waals surface area contributed by atoms with Gasteiger partial charge in [-0.1, -0.05) is 24.6 Å². The summed E-state index contributed by atoms with van der Waals surface area (Å²) in [5, 5.41) is 0. The van der Waals surface area contributed by atoms with Gasteiger partial charge in [0.1, 0.15) is 0 Å². The van der Waals surface area contributed by atoms with Gasteiger partial charge in [0.2, 0.25) is 0 Å². The number of methoxy groups -OCH3 is 2. The third kappa shape index (κ3) is 1.42. The van der Waals surface area contributed by atoms with E-state index in [4.69, 9.17) is 9.47 Å². The number of hydrogen-bond acceptors (Lipinski definition) is 4. The van der Waals surface area contributed by atoms with Crippen LogP contribution in [0.5, 0.6) is 0 Å². The van der Waals surface area contributed by atoms with Crippen LogP contribution in [-0.2, 0) is 19.1 Å². The number of fused-ring (bicyclic) bond motifs is 1. The molecule has 0 N–H and O–H groups in total. The maximum atomic E-state index is 12.4. The van der Waals surface area contributed by atoms with Crippen LogP contribution in [0.1, 0.15) is 27.7 Å². The molecule has 4 nitrogen and oxygen atoms in total. The summed E-state index contributed by atoms with van der Waals surface area (Å²) in [6, 6.07) is 0. The Bertz CT molecular complexity index is 509. The molecule has 20 heavy (non-hydrogen) atoms. The molecule has 4 heteroatoms. The fourth-order valence-electron chi connectivity index (χ4n) is 4.19. The quantitative estimate of drug-likeness (QED) is 0.452. The second-order valence-corrected chi connectivity index (χ2v) is 6.03. The van der Waals surface area contributed by atoms with Gasteiger partial charge in [-0.05, 0) is 37.7 Å². The van der Waals surface area contributed by atoms with Crippen LogP contribution in [0.3, 0.4) is 0 Å². The molecule has 0 saturated heterocycles. The largest absolute Gasteiger partial charge is 0.468 e. The minimum absolute atomic E-state index is 0.0593. The van der Waals surface area contributed by atoms with Crippen molar-refractivity contribution >= 4 is 11.9 Å². The normalized spacial score (nSPS) is 33.2. The number of carbonyl (C=O) groups is 2. The first kappa shape index (κ1) is 14.8. The summed E-state index contributed by atoms with van der Waals surface area (Å²) in [6.07, 6.45) is 4.05. The standard InChI is InChI=1S/C16H22O4/c1-7-8-15(4)11-10(9(2)3)16(12(11)15,13(17)19-5)14(18)20-6/h7-8,11-12H,1-6H3/b8-7-/t11-,12+,15+/m0/s1. The van der Waals surface area contributed by atoms with Gasteiger partial charge < -0.3 is 9.47 Å². The first-order valence-electron chi connectivity index (χ1n) is 6.82. The number of hydrogen-bond donors (Lipinski definition) is 0. The highest BCUT2D eigenvalue weighted by Gasteiger charge is 2.86. The Labute approximate surface area is 119 Å². The lowest BCUT2D eigenvalue weighted by molar-refractivity contribution is -0.171. The third-order valence-electron chi connectivity index (χ3n) is 4.85. The summed E-state index contributed by atoms with van der Waals surface area (Å²) in [4.78, 5) is 24.8. The molecule has 0 unspecified atom stereocenters. The van der Waals surface area contributed by atoms with Crippen molar-refractivity contribution in [3.8, 4) is 0 Å². The highest BCUT2D eigenvalue weighted by Crippen LogP contribution is 2.82. The Morgan fingerprint density at radius 3 is 2.00 bits per heavy atom. The fourth-order valence-corrected chi connectivity index (χ4v) is 4.19. The van der Waals surface area contributed by atoms with Gasteiger partial charge in [-0.3, -0.25) is 9.59 Å². The average Bonchev–Trinajstić information content (AvgIpc) is 2.87. The van der Waals surface area contributed by atoms with Crippen molar-refractivity contribution in [3.63, 3.8) is 0 Å². The molecule has 0 heterocycles. The predicted molar refractivity (Wildman–Crippen MR) is 74.7 cm³/mol. The maximum Gasteiger partial charge on any atom is 0.327 e. The molecule has 0 amide bonds. The zero-order chi connectivity index (χ0) is 15.3. The molecule has 2 rings (SSSR count). The lowest BCUT2D eigenvalue weighted by Gasteiger charge is -2.39. The molecule has 3 atom stereocenters. The van der Waals surface area contributed by atoms with Crippen LogP contribution >= 0.6 is 0 Å². The maximum absolute atomic E-state index is 12.4. The van der Waals surface area contributed by atoms with E-state index in [9.17, 15) is 9.59 Å². The van der Waals surface area contributed by atoms with Gasteiger partial charge in [-0.25, -0.2) is 0 Å². The highest BCUT2D eigenvalue weighted by molar-refractivity contribution is 6.08. The summed E-state index contributed by atoms with van der Waals surface area (Å²) in [6.45, 7) is 7.89. The van der Waals surface area contributed by atoms with Crippen molar-refractivity contribution in [3.05, 3.63) is 23.3 Å². The summed E-state index contributed by atoms with van der Waals surface area (Å²) in [7, 11) is 2.64. The van der Waals surface area contributed by atoms with Crippen molar-refractivity contribution in [2.45, 2.75) is 27.7 Å². The first-order chi connectivity index (χ1) is 9.33. The van der Waals surface area contributed by atoms with E-state index < -0.39 is 17.4 Å². The van der Waals surface area contributed by atoms with E-state index in [1.807, 2.05) is 26.8 Å². The summed E-state index contributed by atoms with van der Waals surface area (Å²) >= 11 is 0. The molecule has 2 fully saturated rings. The summed E-state index contributed by atoms with van der Waals surface area (Å²) in [5.41, 5.74) is 0.461. The molecule has 110 valence electrons. The topological polar surface area (TPSA) is 52.6 Å². The molecule has 2 aliphatic rings. The van der Waals surface area contributed by atoms with E-state index in [2.05, 4.69) is 13.0 Å². The minimum atomic E-state index is -1.25. The van der Waals surface area contributed by atoms with Crippen LogP contribution in [0.15, 0.2) is 23.3 Å². The molecule has 2 aliphatic carbocycles. The number of carbonyl (C=O) groups excluding carboxylic acids is 2. The smallest absolute Gasteiger partial charge is 0.327 e. The van der Waals surface area contributed by atoms with E-state index >= 15 is 0 Å². The van der Waals surface area contributed by atoms with Gasteiger partial charge in [0, 0.05) is 5.92 Å². The Hall–Kier alpha value is -1.58. The molecular weight excluding hydrogens is 256 g/mol. The molecule has 0 spiro atoms. The molecule has 0 aromatic heterocycles. The lowest BCUT2D eigenvalue weighted by Crippen LogP contribution is -2.51. The Kier molecular flexibility index (Phi) is 3.31. The van der Waals surface area contributed by atoms with E-state index in [0.29, 0.717) is 0 Å². The molecule has 0 aliphatic heterocycles. The van der Waals surface area contributed by atoms with Crippen molar-refractivity contribution in [2.75, 3.05) is 14.2 Å². The molecule has 0 aromatic rings. The second kappa shape index (κ2) is 4.47. The molecular formula is C16H22O4. The van der Waals surface area contributed by atoms with Gasteiger partial charge in [0.25, 0.3) is 0 Å². The Morgan fingerprint density at radius 1 is 1.15 bits per heavy atom. The molecule has 0 radical (unpaired) electrons. The van der Waals surface area contributed by atoms with Crippen molar-refractivity contribution < 1.29 is 19.1 Å². The van der Waals surface area contributed by atoms with Gasteiger partial charge in [0.15, 0.2) is 5.41 Å². The average molecular weight is 278 g/mol. The van der Waals surface area contributed by atoms with Crippen LogP contribution in [0.25, 0.3) is 0 Å². The molecule has 2 saturated carbocycles. The van der Waals surface area contributed by atoms with Crippen LogP contribution in [0.2, 0.25) is 0 Å². The van der Waals surface area contributed by atoms with Crippen LogP contribution in [0.4, 0.5) is 0 Å². The lowest BCUT2D eigenvalue weighted by atomic mass is 9.62. The van der Waals surface area contributed by atoms with Crippen LogP contribution in [0, 0.1) is 22.7 Å². The third-order valence-corrected chi connectivity index (χ3v) is 4.85. The first-order valence-corrected chi connectivity index (χ1v) is 6.82. The Morgan fingerprint density at radius 2 is 1.65 bits per heavy atom. The van der Waals surface area contributed by atoms with Crippen LogP contribution < -0.4 is 0 Å². The minimum Gasteiger partial charge on any atom is -0.468 e. The van der Waals surface area contributed by atoms with E-state index in [1.54, 1.807) is 0 Å². The Balaban J connectivity index is 2.60. The summed E-state index contributed by atoms with van der Waals surface area (Å²) < 4.78 is 9.86. The SMILES string of the molecule is C/C=C\[C@]1(C)[C@H]2C(=C(C)C)C(C(=O)OC)(C(=O)OC)[C@H]21. The van der Waals surface area contributed by atoms with Gasteiger partial charge >= 0.3 is 11.9 Å². The van der Waals surface area contributed by atoms with E-state index in [-0.39, 0.29) is 17.3 Å². The zero-order valence-corrected chi connectivity index (χ0v) is 12.9.